The molecule has 2 N–H and O–H groups in total. The van der Waals surface area contributed by atoms with Gasteiger partial charge in [-0.25, -0.2) is 4.98 Å². The van der Waals surface area contributed by atoms with Gasteiger partial charge in [-0.05, 0) is 62.8 Å². The van der Waals surface area contributed by atoms with Gasteiger partial charge in [-0.1, -0.05) is 17.7 Å². The number of anilines is 1. The number of halogens is 1. The van der Waals surface area contributed by atoms with Crippen LogP contribution >= 0.6 is 22.9 Å². The average Bonchev–Trinajstić information content (AvgIpc) is 3.13. The zero-order valence-electron chi connectivity index (χ0n) is 17.9. The molecule has 0 bridgehead atoms. The van der Waals surface area contributed by atoms with Gasteiger partial charge < -0.3 is 15.0 Å². The standard InChI is InChI=1S/C23H24ClN3O4S/c1-12-7-8-14(24)11-16(12)25-21(29)13(2)31-19(28)10-9-18-26-22(30)20-15-5-3-4-6-17(15)32-23(20)27-18/h7-8,11,13H,3-6,9-10H2,1-2H3,(H,25,29)(H,26,27,30). The highest BCUT2D eigenvalue weighted by molar-refractivity contribution is 7.18. The highest BCUT2D eigenvalue weighted by atomic mass is 35.5. The minimum atomic E-state index is -0.973. The van der Waals surface area contributed by atoms with Gasteiger partial charge in [-0.15, -0.1) is 11.3 Å². The van der Waals surface area contributed by atoms with Crippen molar-refractivity contribution >= 4 is 50.7 Å². The fourth-order valence-electron chi connectivity index (χ4n) is 3.82. The van der Waals surface area contributed by atoms with E-state index in [9.17, 15) is 14.4 Å². The number of aromatic nitrogens is 2. The molecular weight excluding hydrogens is 450 g/mol. The Morgan fingerprint density at radius 2 is 2.09 bits per heavy atom. The smallest absolute Gasteiger partial charge is 0.307 e. The SMILES string of the molecule is Cc1ccc(Cl)cc1NC(=O)C(C)OC(=O)CCc1nc2sc3c(c2c(=O)[nH]1)CCCC3. The van der Waals surface area contributed by atoms with Gasteiger partial charge in [0.15, 0.2) is 6.10 Å². The highest BCUT2D eigenvalue weighted by Crippen LogP contribution is 2.33. The minimum Gasteiger partial charge on any atom is -0.453 e. The van der Waals surface area contributed by atoms with Crippen molar-refractivity contribution in [3.63, 3.8) is 0 Å². The van der Waals surface area contributed by atoms with Crippen LogP contribution in [0.1, 0.15) is 48.0 Å². The molecule has 1 aliphatic carbocycles. The number of H-pyrrole nitrogens is 1. The van der Waals surface area contributed by atoms with Crippen LogP contribution in [0.5, 0.6) is 0 Å². The van der Waals surface area contributed by atoms with Crippen LogP contribution in [0, 0.1) is 6.92 Å². The molecule has 1 unspecified atom stereocenters. The molecule has 9 heteroatoms. The van der Waals surface area contributed by atoms with Crippen LogP contribution in [0.2, 0.25) is 5.02 Å². The number of aryl methyl sites for hydroxylation is 4. The van der Waals surface area contributed by atoms with Crippen molar-refractivity contribution in [2.45, 2.75) is 58.5 Å². The number of carbonyl (C=O) groups excluding carboxylic acids is 2. The Morgan fingerprint density at radius 1 is 1.31 bits per heavy atom. The number of hydrogen-bond acceptors (Lipinski definition) is 6. The van der Waals surface area contributed by atoms with Crippen molar-refractivity contribution in [2.24, 2.45) is 0 Å². The second-order valence-electron chi connectivity index (χ2n) is 7.98. The number of esters is 1. The third-order valence-electron chi connectivity index (χ3n) is 5.57. The first-order chi connectivity index (χ1) is 15.3. The Bertz CT molecular complexity index is 1250. The monoisotopic (exact) mass is 473 g/mol. The molecule has 1 aliphatic rings. The quantitative estimate of drug-likeness (QED) is 0.519. The average molecular weight is 474 g/mol. The highest BCUT2D eigenvalue weighted by Gasteiger charge is 2.21. The molecule has 0 spiro atoms. The number of rotatable bonds is 6. The number of aromatic amines is 1. The molecule has 0 saturated heterocycles. The first-order valence-corrected chi connectivity index (χ1v) is 11.8. The Balaban J connectivity index is 1.36. The number of benzene rings is 1. The van der Waals surface area contributed by atoms with Gasteiger partial charge in [0.2, 0.25) is 0 Å². The molecule has 0 radical (unpaired) electrons. The van der Waals surface area contributed by atoms with Crippen LogP contribution in [-0.2, 0) is 33.6 Å². The molecule has 3 aromatic rings. The van der Waals surface area contributed by atoms with Crippen LogP contribution in [0.15, 0.2) is 23.0 Å². The van der Waals surface area contributed by atoms with E-state index < -0.39 is 18.0 Å². The summed E-state index contributed by atoms with van der Waals surface area (Å²) in [6.07, 6.45) is 3.40. The maximum Gasteiger partial charge on any atom is 0.307 e. The number of hydrogen-bond donors (Lipinski definition) is 2. The Hall–Kier alpha value is -2.71. The first kappa shape index (κ1) is 22.5. The Kier molecular flexibility index (Phi) is 6.62. The molecule has 4 rings (SSSR count). The van der Waals surface area contributed by atoms with Crippen LogP contribution in [-0.4, -0.2) is 27.9 Å². The van der Waals surface area contributed by atoms with E-state index in [1.807, 2.05) is 6.92 Å². The van der Waals surface area contributed by atoms with Gasteiger partial charge >= 0.3 is 5.97 Å². The summed E-state index contributed by atoms with van der Waals surface area (Å²) >= 11 is 7.54. The zero-order valence-corrected chi connectivity index (χ0v) is 19.5. The Labute approximate surface area is 194 Å². The molecule has 32 heavy (non-hydrogen) atoms. The van der Waals surface area contributed by atoms with Gasteiger partial charge in [0.1, 0.15) is 10.7 Å². The summed E-state index contributed by atoms with van der Waals surface area (Å²) in [5.74, 6) is -0.533. The second-order valence-corrected chi connectivity index (χ2v) is 9.50. The van der Waals surface area contributed by atoms with Crippen molar-refractivity contribution < 1.29 is 14.3 Å². The number of nitrogens with zero attached hydrogens (tertiary/aromatic N) is 1. The van der Waals surface area contributed by atoms with E-state index in [2.05, 4.69) is 15.3 Å². The van der Waals surface area contributed by atoms with Crippen LogP contribution < -0.4 is 10.9 Å². The number of thiophene rings is 1. The lowest BCUT2D eigenvalue weighted by molar-refractivity contribution is -0.153. The van der Waals surface area contributed by atoms with E-state index in [4.69, 9.17) is 16.3 Å². The van der Waals surface area contributed by atoms with Gasteiger partial charge in [0.25, 0.3) is 11.5 Å². The van der Waals surface area contributed by atoms with Crippen LogP contribution in [0.3, 0.4) is 0 Å². The molecule has 0 fully saturated rings. The summed E-state index contributed by atoms with van der Waals surface area (Å²) in [5.41, 5.74) is 2.40. The lowest BCUT2D eigenvalue weighted by Crippen LogP contribution is -2.30. The molecule has 1 atom stereocenters. The first-order valence-electron chi connectivity index (χ1n) is 10.6. The molecule has 1 aromatic carbocycles. The molecule has 2 aromatic heterocycles. The molecular formula is C23H24ClN3O4S. The summed E-state index contributed by atoms with van der Waals surface area (Å²) in [7, 11) is 0. The summed E-state index contributed by atoms with van der Waals surface area (Å²) in [4.78, 5) is 46.6. The van der Waals surface area contributed by atoms with Crippen molar-refractivity contribution in [3.8, 4) is 0 Å². The number of ether oxygens (including phenoxy) is 1. The van der Waals surface area contributed by atoms with E-state index in [0.29, 0.717) is 21.9 Å². The van der Waals surface area contributed by atoms with Crippen LogP contribution in [0.4, 0.5) is 5.69 Å². The summed E-state index contributed by atoms with van der Waals surface area (Å²) < 4.78 is 5.26. The Morgan fingerprint density at radius 3 is 2.91 bits per heavy atom. The van der Waals surface area contributed by atoms with Gasteiger partial charge in [0, 0.05) is 22.0 Å². The fraction of sp³-hybridized carbons (Fsp3) is 0.391. The van der Waals surface area contributed by atoms with Crippen molar-refractivity contribution in [1.29, 1.82) is 0 Å². The zero-order chi connectivity index (χ0) is 22.8. The molecule has 2 heterocycles. The van der Waals surface area contributed by atoms with Gasteiger partial charge in [-0.3, -0.25) is 14.4 Å². The summed E-state index contributed by atoms with van der Waals surface area (Å²) in [6.45, 7) is 3.35. The minimum absolute atomic E-state index is 0.00729. The number of amides is 1. The normalized spacial score (nSPS) is 14.1. The number of nitrogens with one attached hydrogen (secondary N) is 2. The maximum absolute atomic E-state index is 12.6. The maximum atomic E-state index is 12.6. The van der Waals surface area contributed by atoms with E-state index >= 15 is 0 Å². The predicted molar refractivity (Wildman–Crippen MR) is 126 cm³/mol. The van der Waals surface area contributed by atoms with E-state index in [-0.39, 0.29) is 18.4 Å². The topological polar surface area (TPSA) is 101 Å². The molecule has 0 aliphatic heterocycles. The van der Waals surface area contributed by atoms with Gasteiger partial charge in [0.05, 0.1) is 11.8 Å². The lowest BCUT2D eigenvalue weighted by atomic mass is 9.97. The molecule has 0 saturated carbocycles. The molecule has 7 nitrogen and oxygen atoms in total. The largest absolute Gasteiger partial charge is 0.453 e. The van der Waals surface area contributed by atoms with Gasteiger partial charge in [-0.2, -0.15) is 0 Å². The van der Waals surface area contributed by atoms with E-state index in [1.165, 1.54) is 11.8 Å². The summed E-state index contributed by atoms with van der Waals surface area (Å²) in [6, 6.07) is 5.17. The van der Waals surface area contributed by atoms with Crippen molar-refractivity contribution in [3.05, 3.63) is 55.4 Å². The fourth-order valence-corrected chi connectivity index (χ4v) is 5.27. The number of fused-ring (bicyclic) bond motifs is 3. The van der Waals surface area contributed by atoms with E-state index in [0.717, 1.165) is 41.6 Å². The summed E-state index contributed by atoms with van der Waals surface area (Å²) in [5, 5.41) is 3.91. The molecule has 1 amide bonds. The lowest BCUT2D eigenvalue weighted by Gasteiger charge is -2.15. The molecule has 168 valence electrons. The van der Waals surface area contributed by atoms with Crippen LogP contribution in [0.25, 0.3) is 10.2 Å². The third kappa shape index (κ3) is 4.86. The number of carbonyl (C=O) groups is 2. The third-order valence-corrected chi connectivity index (χ3v) is 7.00. The second kappa shape index (κ2) is 9.42. The van der Waals surface area contributed by atoms with E-state index in [1.54, 1.807) is 29.5 Å². The van der Waals surface area contributed by atoms with Crippen molar-refractivity contribution in [1.82, 2.24) is 9.97 Å². The predicted octanol–water partition coefficient (Wildman–Crippen LogP) is 4.33. The van der Waals surface area contributed by atoms with Crippen molar-refractivity contribution in [2.75, 3.05) is 5.32 Å².